The molecular weight excluding hydrogens is 348 g/mol. The Bertz CT molecular complexity index is 766. The molecule has 0 aliphatic carbocycles. The molecule has 2 saturated heterocycles. The lowest BCUT2D eigenvalue weighted by Crippen LogP contribution is -2.48. The van der Waals surface area contributed by atoms with E-state index in [1.165, 1.54) is 12.8 Å². The second kappa shape index (κ2) is 7.68. The van der Waals surface area contributed by atoms with Crippen molar-refractivity contribution in [3.05, 3.63) is 64.7 Å². The average molecular weight is 371 g/mol. The fourth-order valence-corrected chi connectivity index (χ4v) is 4.09. The maximum Gasteiger partial charge on any atom is 0.255 e. The van der Waals surface area contributed by atoms with Crippen molar-refractivity contribution in [1.29, 1.82) is 0 Å². The number of halogens is 1. The molecule has 4 rings (SSSR count). The van der Waals surface area contributed by atoms with Gasteiger partial charge in [0.2, 0.25) is 0 Å². The van der Waals surface area contributed by atoms with Crippen molar-refractivity contribution >= 4 is 17.5 Å². The van der Waals surface area contributed by atoms with Crippen LogP contribution >= 0.6 is 11.6 Å². The number of para-hydroxylation sites is 1. The van der Waals surface area contributed by atoms with Crippen molar-refractivity contribution in [2.75, 3.05) is 0 Å². The number of rotatable bonds is 5. The summed E-state index contributed by atoms with van der Waals surface area (Å²) >= 11 is 5.91. The normalized spacial score (nSPS) is 24.3. The maximum atomic E-state index is 12.8. The summed E-state index contributed by atoms with van der Waals surface area (Å²) in [5.41, 5.74) is 1.60. The van der Waals surface area contributed by atoms with E-state index in [0.29, 0.717) is 35.0 Å². The molecule has 2 heterocycles. The number of carbonyl (C=O) groups excluding carboxylic acids is 1. The lowest BCUT2D eigenvalue weighted by molar-refractivity contribution is 0.0919. The second-order valence-electron chi connectivity index (χ2n) is 7.19. The zero-order valence-electron chi connectivity index (χ0n) is 14.6. The molecule has 2 aromatic carbocycles. The highest BCUT2D eigenvalue weighted by Crippen LogP contribution is 2.27. The van der Waals surface area contributed by atoms with Gasteiger partial charge in [0, 0.05) is 23.1 Å². The van der Waals surface area contributed by atoms with E-state index >= 15 is 0 Å². The number of carbonyl (C=O) groups is 1. The number of nitrogens with one attached hydrogen (secondary N) is 2. The highest BCUT2D eigenvalue weighted by atomic mass is 35.5. The van der Waals surface area contributed by atoms with Crippen LogP contribution in [0, 0.1) is 0 Å². The highest BCUT2D eigenvalue weighted by Gasteiger charge is 2.34. The number of hydrogen-bond acceptors (Lipinski definition) is 3. The van der Waals surface area contributed by atoms with Gasteiger partial charge in [0.15, 0.2) is 0 Å². The van der Waals surface area contributed by atoms with Gasteiger partial charge in [0.1, 0.15) is 12.4 Å². The van der Waals surface area contributed by atoms with Crippen LogP contribution in [0.2, 0.25) is 5.02 Å². The summed E-state index contributed by atoms with van der Waals surface area (Å²) in [6.07, 6.45) is 4.46. The molecule has 1 amide bonds. The van der Waals surface area contributed by atoms with Crippen molar-refractivity contribution in [2.45, 2.75) is 50.4 Å². The smallest absolute Gasteiger partial charge is 0.255 e. The molecule has 0 aromatic heterocycles. The third-order valence-electron chi connectivity index (χ3n) is 5.25. The van der Waals surface area contributed by atoms with E-state index in [-0.39, 0.29) is 11.9 Å². The molecular formula is C21H23ClN2O2. The Kier molecular flexibility index (Phi) is 5.14. The van der Waals surface area contributed by atoms with Gasteiger partial charge < -0.3 is 15.4 Å². The highest BCUT2D eigenvalue weighted by molar-refractivity contribution is 6.30. The quantitative estimate of drug-likeness (QED) is 0.838. The van der Waals surface area contributed by atoms with E-state index in [2.05, 4.69) is 10.6 Å². The molecule has 2 atom stereocenters. The van der Waals surface area contributed by atoms with Gasteiger partial charge in [-0.3, -0.25) is 4.79 Å². The van der Waals surface area contributed by atoms with Crippen molar-refractivity contribution in [1.82, 2.24) is 10.6 Å². The average Bonchev–Trinajstić information content (AvgIpc) is 3.00. The first kappa shape index (κ1) is 17.4. The molecule has 2 bridgehead atoms. The number of piperidine rings is 1. The lowest BCUT2D eigenvalue weighted by Gasteiger charge is -2.29. The summed E-state index contributed by atoms with van der Waals surface area (Å²) in [7, 11) is 0. The number of ether oxygens (including phenoxy) is 1. The Labute approximate surface area is 158 Å². The predicted octanol–water partition coefficient (Wildman–Crippen LogP) is 3.93. The zero-order chi connectivity index (χ0) is 17.9. The third-order valence-corrected chi connectivity index (χ3v) is 5.50. The Morgan fingerprint density at radius 3 is 2.50 bits per heavy atom. The van der Waals surface area contributed by atoms with Gasteiger partial charge in [0.25, 0.3) is 5.91 Å². The molecule has 136 valence electrons. The van der Waals surface area contributed by atoms with E-state index in [9.17, 15) is 4.79 Å². The van der Waals surface area contributed by atoms with Crippen LogP contribution in [0.25, 0.3) is 0 Å². The monoisotopic (exact) mass is 370 g/mol. The van der Waals surface area contributed by atoms with E-state index < -0.39 is 0 Å². The van der Waals surface area contributed by atoms with Crippen LogP contribution in [0.3, 0.4) is 0 Å². The first-order chi connectivity index (χ1) is 12.7. The fourth-order valence-electron chi connectivity index (χ4n) is 3.96. The van der Waals surface area contributed by atoms with Gasteiger partial charge in [-0.25, -0.2) is 0 Å². The Morgan fingerprint density at radius 2 is 1.77 bits per heavy atom. The van der Waals surface area contributed by atoms with Crippen molar-refractivity contribution < 1.29 is 9.53 Å². The molecule has 2 aromatic rings. The summed E-state index contributed by atoms with van der Waals surface area (Å²) in [5.74, 6) is 0.555. The molecule has 0 saturated carbocycles. The van der Waals surface area contributed by atoms with Gasteiger partial charge in [-0.05, 0) is 55.5 Å². The van der Waals surface area contributed by atoms with Crippen molar-refractivity contribution in [3.63, 3.8) is 0 Å². The van der Waals surface area contributed by atoms with Crippen molar-refractivity contribution in [3.8, 4) is 5.75 Å². The number of amides is 1. The molecule has 4 nitrogen and oxygen atoms in total. The lowest BCUT2D eigenvalue weighted by atomic mass is 9.99. The van der Waals surface area contributed by atoms with Crippen LogP contribution in [-0.2, 0) is 6.61 Å². The van der Waals surface area contributed by atoms with Crippen LogP contribution in [-0.4, -0.2) is 24.0 Å². The molecule has 2 aliphatic heterocycles. The molecule has 26 heavy (non-hydrogen) atoms. The van der Waals surface area contributed by atoms with Crippen LogP contribution in [0.15, 0.2) is 48.5 Å². The first-order valence-corrected chi connectivity index (χ1v) is 9.58. The fraction of sp³-hybridized carbons (Fsp3) is 0.381. The zero-order valence-corrected chi connectivity index (χ0v) is 15.3. The molecule has 0 spiro atoms. The molecule has 5 heteroatoms. The molecule has 2 N–H and O–H groups in total. The first-order valence-electron chi connectivity index (χ1n) is 9.20. The topological polar surface area (TPSA) is 50.4 Å². The van der Waals surface area contributed by atoms with Crippen LogP contribution < -0.4 is 15.4 Å². The molecule has 0 radical (unpaired) electrons. The minimum absolute atomic E-state index is 0.0528. The van der Waals surface area contributed by atoms with E-state index in [1.807, 2.05) is 48.5 Å². The van der Waals surface area contributed by atoms with Crippen LogP contribution in [0.1, 0.15) is 41.6 Å². The van der Waals surface area contributed by atoms with E-state index in [0.717, 1.165) is 18.4 Å². The minimum atomic E-state index is -0.0528. The summed E-state index contributed by atoms with van der Waals surface area (Å²) in [6.45, 7) is 0.402. The Hall–Kier alpha value is -2.04. The van der Waals surface area contributed by atoms with Crippen LogP contribution in [0.5, 0.6) is 5.75 Å². The minimum Gasteiger partial charge on any atom is -0.488 e. The number of fused-ring (bicyclic) bond motifs is 2. The Balaban J connectivity index is 1.41. The van der Waals surface area contributed by atoms with Gasteiger partial charge in [0.05, 0.1) is 5.56 Å². The molecule has 2 aliphatic rings. The van der Waals surface area contributed by atoms with Gasteiger partial charge in [-0.15, -0.1) is 0 Å². The van der Waals surface area contributed by atoms with E-state index in [4.69, 9.17) is 16.3 Å². The van der Waals surface area contributed by atoms with Crippen LogP contribution in [0.4, 0.5) is 0 Å². The standard InChI is InChI=1S/C21H23ClN2O2/c22-15-7-5-14(6-8-15)13-26-20-4-2-1-3-19(20)21(25)24-18-11-16-9-10-17(12-18)23-16/h1-8,16-18,23H,9-13H2,(H,24,25). The summed E-state index contributed by atoms with van der Waals surface area (Å²) in [4.78, 5) is 12.8. The third kappa shape index (κ3) is 4.02. The van der Waals surface area contributed by atoms with E-state index in [1.54, 1.807) is 0 Å². The van der Waals surface area contributed by atoms with Crippen molar-refractivity contribution in [2.24, 2.45) is 0 Å². The summed E-state index contributed by atoms with van der Waals surface area (Å²) < 4.78 is 5.91. The summed E-state index contributed by atoms with van der Waals surface area (Å²) in [5, 5.41) is 7.51. The second-order valence-corrected chi connectivity index (χ2v) is 7.63. The largest absolute Gasteiger partial charge is 0.488 e. The summed E-state index contributed by atoms with van der Waals surface area (Å²) in [6, 6.07) is 16.3. The van der Waals surface area contributed by atoms with Gasteiger partial charge >= 0.3 is 0 Å². The van der Waals surface area contributed by atoms with Gasteiger partial charge in [-0.1, -0.05) is 35.9 Å². The predicted molar refractivity (Wildman–Crippen MR) is 103 cm³/mol. The van der Waals surface area contributed by atoms with Gasteiger partial charge in [-0.2, -0.15) is 0 Å². The molecule has 2 fully saturated rings. The number of benzene rings is 2. The molecule has 2 unspecified atom stereocenters. The SMILES string of the molecule is O=C(NC1CC2CCC(C1)N2)c1ccccc1OCc1ccc(Cl)cc1. The maximum absolute atomic E-state index is 12.8. The number of hydrogen-bond donors (Lipinski definition) is 2. The Morgan fingerprint density at radius 1 is 1.08 bits per heavy atom.